The van der Waals surface area contributed by atoms with Crippen LogP contribution in [0, 0.1) is 0 Å². The molecule has 0 bridgehead atoms. The molecule has 0 radical (unpaired) electrons. The molecule has 0 saturated heterocycles. The summed E-state index contributed by atoms with van der Waals surface area (Å²) in [4.78, 5) is 19.5. The summed E-state index contributed by atoms with van der Waals surface area (Å²) in [6, 6.07) is 26.2. The largest absolute Gasteiger partial charge is 0.496 e. The van der Waals surface area contributed by atoms with Gasteiger partial charge in [-0.25, -0.2) is 4.99 Å². The maximum absolute atomic E-state index is 13.7. The highest BCUT2D eigenvalue weighted by Gasteiger charge is 2.33. The van der Waals surface area contributed by atoms with E-state index < -0.39 is 0 Å². The molecule has 162 valence electrons. The molecule has 1 atom stereocenters. The van der Waals surface area contributed by atoms with Gasteiger partial charge in [0.25, 0.3) is 5.56 Å². The van der Waals surface area contributed by atoms with Gasteiger partial charge >= 0.3 is 0 Å². The van der Waals surface area contributed by atoms with E-state index >= 15 is 0 Å². The molecule has 0 N–H and O–H groups in total. The molecule has 1 aromatic heterocycles. The predicted octanol–water partition coefficient (Wildman–Crippen LogP) is 4.33. The summed E-state index contributed by atoms with van der Waals surface area (Å²) in [5.74, 6) is 0.785. The van der Waals surface area contributed by atoms with Crippen molar-refractivity contribution in [2.75, 3.05) is 7.11 Å². The molecule has 0 fully saturated rings. The average molecular weight is 451 g/mol. The summed E-state index contributed by atoms with van der Waals surface area (Å²) >= 11 is 1.45. The van der Waals surface area contributed by atoms with Crippen LogP contribution in [0.25, 0.3) is 11.8 Å². The Hall–Kier alpha value is -3.70. The van der Waals surface area contributed by atoms with Gasteiger partial charge in [-0.2, -0.15) is 0 Å². The lowest BCUT2D eigenvalue weighted by Crippen LogP contribution is -2.38. The molecule has 0 spiro atoms. The summed E-state index contributed by atoms with van der Waals surface area (Å²) in [5.41, 5.74) is 6.64. The Morgan fingerprint density at radius 3 is 2.58 bits per heavy atom. The van der Waals surface area contributed by atoms with Gasteiger partial charge in [0.1, 0.15) is 5.75 Å². The van der Waals surface area contributed by atoms with E-state index in [1.54, 1.807) is 7.11 Å². The topological polar surface area (TPSA) is 43.6 Å². The first-order chi connectivity index (χ1) is 16.2. The van der Waals surface area contributed by atoms with Crippen LogP contribution in [0.3, 0.4) is 0 Å². The third kappa shape index (κ3) is 3.28. The van der Waals surface area contributed by atoms with Gasteiger partial charge < -0.3 is 4.74 Å². The number of hydrogen-bond acceptors (Lipinski definition) is 4. The molecule has 1 aliphatic carbocycles. The lowest BCUT2D eigenvalue weighted by molar-refractivity contribution is 0.402. The number of thiazole rings is 1. The van der Waals surface area contributed by atoms with Gasteiger partial charge in [-0.15, -0.1) is 0 Å². The maximum Gasteiger partial charge on any atom is 0.271 e. The Balaban J connectivity index is 1.66. The fourth-order valence-corrected chi connectivity index (χ4v) is 5.89. The van der Waals surface area contributed by atoms with Gasteiger partial charge in [0.05, 0.1) is 23.4 Å². The van der Waals surface area contributed by atoms with Crippen LogP contribution in [0.15, 0.2) is 94.2 Å². The minimum atomic E-state index is -0.237. The summed E-state index contributed by atoms with van der Waals surface area (Å²) in [7, 11) is 1.68. The van der Waals surface area contributed by atoms with Crippen molar-refractivity contribution in [1.29, 1.82) is 0 Å². The predicted molar refractivity (Wildman–Crippen MR) is 132 cm³/mol. The smallest absolute Gasteiger partial charge is 0.271 e. The number of benzene rings is 3. The molecular formula is C28H22N2O2S. The van der Waals surface area contributed by atoms with Crippen LogP contribution in [0.5, 0.6) is 5.75 Å². The lowest BCUT2D eigenvalue weighted by atomic mass is 9.83. The minimum absolute atomic E-state index is 0.0103. The number of fused-ring (bicyclic) bond motifs is 3. The Kier molecular flexibility index (Phi) is 4.84. The Morgan fingerprint density at radius 2 is 1.73 bits per heavy atom. The van der Waals surface area contributed by atoms with Gasteiger partial charge in [0.15, 0.2) is 4.80 Å². The molecule has 0 saturated carbocycles. The summed E-state index contributed by atoms with van der Waals surface area (Å²) in [6.45, 7) is 0. The molecule has 4 nitrogen and oxygen atoms in total. The molecule has 5 heteroatoms. The number of aromatic nitrogens is 1. The highest BCUT2D eigenvalue weighted by atomic mass is 32.1. The van der Waals surface area contributed by atoms with E-state index in [1.165, 1.54) is 28.0 Å². The number of allylic oxidation sites excluding steroid dienone is 1. The van der Waals surface area contributed by atoms with Crippen LogP contribution in [-0.4, -0.2) is 11.7 Å². The molecular weight excluding hydrogens is 428 g/mol. The molecule has 2 heterocycles. The van der Waals surface area contributed by atoms with Crippen molar-refractivity contribution in [3.63, 3.8) is 0 Å². The highest BCUT2D eigenvalue weighted by Crippen LogP contribution is 2.43. The van der Waals surface area contributed by atoms with E-state index in [-0.39, 0.29) is 11.6 Å². The van der Waals surface area contributed by atoms with Gasteiger partial charge in [-0.1, -0.05) is 84.1 Å². The number of aryl methyl sites for hydroxylation is 1. The van der Waals surface area contributed by atoms with E-state index in [0.29, 0.717) is 4.53 Å². The Bertz CT molecular complexity index is 1580. The lowest BCUT2D eigenvalue weighted by Gasteiger charge is -2.31. The van der Waals surface area contributed by atoms with Crippen molar-refractivity contribution in [1.82, 2.24) is 4.57 Å². The van der Waals surface area contributed by atoms with Crippen LogP contribution >= 0.6 is 11.3 Å². The van der Waals surface area contributed by atoms with E-state index in [1.807, 2.05) is 59.2 Å². The van der Waals surface area contributed by atoms with Crippen molar-refractivity contribution in [2.24, 2.45) is 4.99 Å². The molecule has 4 aromatic rings. The number of para-hydroxylation sites is 1. The number of hydrogen-bond donors (Lipinski definition) is 0. The number of nitrogens with zero attached hydrogens (tertiary/aromatic N) is 2. The van der Waals surface area contributed by atoms with Gasteiger partial charge in [-0.05, 0) is 41.7 Å². The van der Waals surface area contributed by atoms with E-state index in [9.17, 15) is 4.79 Å². The Morgan fingerprint density at radius 1 is 0.970 bits per heavy atom. The first kappa shape index (κ1) is 19.9. The van der Waals surface area contributed by atoms with Crippen molar-refractivity contribution < 1.29 is 4.74 Å². The average Bonchev–Trinajstić information content (AvgIpc) is 3.17. The van der Waals surface area contributed by atoms with E-state index in [0.717, 1.165) is 40.2 Å². The number of ether oxygens (including phenoxy) is 1. The fraction of sp³-hybridized carbons (Fsp3) is 0.143. The second-order valence-electron chi connectivity index (χ2n) is 8.27. The van der Waals surface area contributed by atoms with Crippen molar-refractivity contribution >= 4 is 23.1 Å². The van der Waals surface area contributed by atoms with Crippen LogP contribution in [-0.2, 0) is 6.42 Å². The van der Waals surface area contributed by atoms with Crippen LogP contribution in [0.2, 0.25) is 0 Å². The maximum atomic E-state index is 13.7. The zero-order valence-electron chi connectivity index (χ0n) is 18.2. The van der Waals surface area contributed by atoms with E-state index in [2.05, 4.69) is 30.3 Å². The SMILES string of the molecule is COc1ccccc1[C@@H]1C2=C(N=c3s/c(=C\c4ccccc4)c(=O)n31)c1ccccc1CC2. The third-order valence-electron chi connectivity index (χ3n) is 6.40. The standard InChI is InChI=1S/C28H22N2O2S/c1-32-23-14-8-7-13-21(23)26-22-16-15-19-11-5-6-12-20(19)25(22)29-28-30(26)27(31)24(33-28)17-18-9-3-2-4-10-18/h2-14,17,26H,15-16H2,1H3/b24-17-/t26-/m1/s1. The summed E-state index contributed by atoms with van der Waals surface area (Å²) < 4.78 is 8.29. The fourth-order valence-electron chi connectivity index (χ4n) is 4.89. The molecule has 0 amide bonds. The van der Waals surface area contributed by atoms with Crippen molar-refractivity contribution in [2.45, 2.75) is 18.9 Å². The van der Waals surface area contributed by atoms with Gasteiger partial charge in [0, 0.05) is 11.1 Å². The second kappa shape index (κ2) is 8.01. The van der Waals surface area contributed by atoms with Crippen molar-refractivity contribution in [3.8, 4) is 5.75 Å². The Labute approximate surface area is 195 Å². The number of rotatable bonds is 3. The first-order valence-corrected chi connectivity index (χ1v) is 11.9. The number of methoxy groups -OCH3 is 1. The molecule has 33 heavy (non-hydrogen) atoms. The van der Waals surface area contributed by atoms with Gasteiger partial charge in [-0.3, -0.25) is 9.36 Å². The van der Waals surface area contributed by atoms with Crippen molar-refractivity contribution in [3.05, 3.63) is 126 Å². The zero-order valence-corrected chi connectivity index (χ0v) is 19.0. The third-order valence-corrected chi connectivity index (χ3v) is 7.39. The normalized spacial score (nSPS) is 17.1. The molecule has 1 aliphatic heterocycles. The second-order valence-corrected chi connectivity index (χ2v) is 9.28. The first-order valence-electron chi connectivity index (χ1n) is 11.1. The molecule has 0 unspecified atom stereocenters. The molecule has 3 aromatic carbocycles. The summed E-state index contributed by atoms with van der Waals surface area (Å²) in [6.07, 6.45) is 3.76. The minimum Gasteiger partial charge on any atom is -0.496 e. The quantitative estimate of drug-likeness (QED) is 0.466. The molecule has 6 rings (SSSR count). The monoisotopic (exact) mass is 450 g/mol. The van der Waals surface area contributed by atoms with Crippen LogP contribution in [0.4, 0.5) is 0 Å². The zero-order chi connectivity index (χ0) is 22.4. The van der Waals surface area contributed by atoms with Gasteiger partial charge in [0.2, 0.25) is 0 Å². The summed E-state index contributed by atoms with van der Waals surface area (Å²) in [5, 5.41) is 0. The molecule has 2 aliphatic rings. The van der Waals surface area contributed by atoms with Crippen LogP contribution in [0.1, 0.15) is 34.7 Å². The van der Waals surface area contributed by atoms with E-state index in [4.69, 9.17) is 9.73 Å². The van der Waals surface area contributed by atoms with Crippen LogP contribution < -0.4 is 19.6 Å². The highest BCUT2D eigenvalue weighted by molar-refractivity contribution is 7.07.